The van der Waals surface area contributed by atoms with E-state index >= 15 is 0 Å². The maximum absolute atomic E-state index is 11.1. The highest BCUT2D eigenvalue weighted by molar-refractivity contribution is 5.90. The Bertz CT molecular complexity index is 586. The molecule has 0 aliphatic heterocycles. The van der Waals surface area contributed by atoms with E-state index in [9.17, 15) is 4.79 Å². The topological polar surface area (TPSA) is 90.1 Å². The molecule has 0 spiro atoms. The Hall–Kier alpha value is -2.47. The van der Waals surface area contributed by atoms with Gasteiger partial charge >= 0.3 is 0 Å². The minimum absolute atomic E-state index is 0.172. The van der Waals surface area contributed by atoms with E-state index in [1.165, 1.54) is 13.1 Å². The number of ether oxygens (including phenoxy) is 1. The van der Waals surface area contributed by atoms with Crippen LogP contribution in [0.25, 0.3) is 0 Å². The van der Waals surface area contributed by atoms with Crippen molar-refractivity contribution in [2.75, 3.05) is 5.32 Å². The van der Waals surface area contributed by atoms with Crippen LogP contribution in [0.5, 0.6) is 11.6 Å². The Labute approximate surface area is 110 Å². The molecule has 1 amide bonds. The van der Waals surface area contributed by atoms with Gasteiger partial charge in [0.15, 0.2) is 5.75 Å². The lowest BCUT2D eigenvalue weighted by Gasteiger charge is -2.11. The molecular weight excluding hydrogens is 244 g/mol. The van der Waals surface area contributed by atoms with Crippen LogP contribution in [0.3, 0.4) is 0 Å². The Balaban J connectivity index is 2.30. The third-order valence-corrected chi connectivity index (χ3v) is 2.33. The molecular formula is C13H14N4O2. The molecule has 1 aromatic heterocycles. The maximum Gasteiger partial charge on any atom is 0.242 e. The van der Waals surface area contributed by atoms with Crippen LogP contribution in [-0.2, 0) is 11.3 Å². The fraction of sp³-hybridized carbons (Fsp3) is 0.154. The smallest absolute Gasteiger partial charge is 0.242 e. The maximum atomic E-state index is 11.1. The van der Waals surface area contributed by atoms with E-state index in [2.05, 4.69) is 15.3 Å². The standard InChI is InChI=1S/C13H14N4O2/c1-9(18)17-10-4-2-3-5-12(10)19-13-11(8-14)15-6-7-16-13/h2-7H,8,14H2,1H3,(H,17,18). The molecule has 0 bridgehead atoms. The van der Waals surface area contributed by atoms with Gasteiger partial charge in [-0.3, -0.25) is 9.78 Å². The number of rotatable bonds is 4. The minimum atomic E-state index is -0.172. The van der Waals surface area contributed by atoms with Gasteiger partial charge in [-0.2, -0.15) is 0 Å². The summed E-state index contributed by atoms with van der Waals surface area (Å²) in [6.45, 7) is 1.66. The molecule has 1 aromatic carbocycles. The number of benzene rings is 1. The first kappa shape index (κ1) is 13.0. The molecule has 6 heteroatoms. The summed E-state index contributed by atoms with van der Waals surface area (Å²) in [6.07, 6.45) is 3.07. The highest BCUT2D eigenvalue weighted by Gasteiger charge is 2.10. The van der Waals surface area contributed by atoms with E-state index in [4.69, 9.17) is 10.5 Å². The first-order chi connectivity index (χ1) is 9.20. The van der Waals surface area contributed by atoms with Gasteiger partial charge in [0.05, 0.1) is 5.69 Å². The highest BCUT2D eigenvalue weighted by atomic mass is 16.5. The number of amides is 1. The molecule has 0 unspecified atom stereocenters. The van der Waals surface area contributed by atoms with Gasteiger partial charge in [-0.05, 0) is 12.1 Å². The molecule has 19 heavy (non-hydrogen) atoms. The van der Waals surface area contributed by atoms with Crippen molar-refractivity contribution in [3.8, 4) is 11.6 Å². The van der Waals surface area contributed by atoms with Crippen molar-refractivity contribution in [2.45, 2.75) is 13.5 Å². The molecule has 6 nitrogen and oxygen atoms in total. The van der Waals surface area contributed by atoms with Crippen LogP contribution in [0, 0.1) is 0 Å². The average Bonchev–Trinajstić information content (AvgIpc) is 2.41. The number of nitrogens with one attached hydrogen (secondary N) is 1. The van der Waals surface area contributed by atoms with Gasteiger partial charge in [-0.1, -0.05) is 12.1 Å². The zero-order valence-corrected chi connectivity index (χ0v) is 10.5. The van der Waals surface area contributed by atoms with Crippen LogP contribution in [0.1, 0.15) is 12.6 Å². The Morgan fingerprint density at radius 2 is 2.05 bits per heavy atom. The third kappa shape index (κ3) is 3.26. The molecule has 0 saturated heterocycles. The number of nitrogens with zero attached hydrogens (tertiary/aromatic N) is 2. The minimum Gasteiger partial charge on any atom is -0.435 e. The van der Waals surface area contributed by atoms with Crippen LogP contribution in [-0.4, -0.2) is 15.9 Å². The van der Waals surface area contributed by atoms with Crippen molar-refractivity contribution in [3.05, 3.63) is 42.4 Å². The van der Waals surface area contributed by atoms with Gasteiger partial charge < -0.3 is 15.8 Å². The lowest BCUT2D eigenvalue weighted by molar-refractivity contribution is -0.114. The Morgan fingerprint density at radius 3 is 2.79 bits per heavy atom. The molecule has 0 aliphatic rings. The van der Waals surface area contributed by atoms with E-state index in [1.54, 1.807) is 30.5 Å². The summed E-state index contributed by atoms with van der Waals surface area (Å²) in [5.41, 5.74) is 6.70. The summed E-state index contributed by atoms with van der Waals surface area (Å²) in [4.78, 5) is 19.3. The van der Waals surface area contributed by atoms with Gasteiger partial charge in [-0.25, -0.2) is 4.98 Å². The molecule has 0 saturated carbocycles. The van der Waals surface area contributed by atoms with Gasteiger partial charge in [0.2, 0.25) is 11.8 Å². The van der Waals surface area contributed by atoms with Gasteiger partial charge in [0.25, 0.3) is 0 Å². The van der Waals surface area contributed by atoms with E-state index in [1.807, 2.05) is 0 Å². The summed E-state index contributed by atoms with van der Waals surface area (Å²) in [7, 11) is 0. The predicted molar refractivity (Wildman–Crippen MR) is 70.7 cm³/mol. The fourth-order valence-electron chi connectivity index (χ4n) is 1.53. The fourth-order valence-corrected chi connectivity index (χ4v) is 1.53. The van der Waals surface area contributed by atoms with Crippen molar-refractivity contribution < 1.29 is 9.53 Å². The van der Waals surface area contributed by atoms with Crippen molar-refractivity contribution in [3.63, 3.8) is 0 Å². The summed E-state index contributed by atoms with van der Waals surface area (Å²) in [6, 6.07) is 7.09. The number of hydrogen-bond acceptors (Lipinski definition) is 5. The normalized spacial score (nSPS) is 10.0. The van der Waals surface area contributed by atoms with E-state index in [0.29, 0.717) is 23.0 Å². The Morgan fingerprint density at radius 1 is 1.32 bits per heavy atom. The second-order valence-corrected chi connectivity index (χ2v) is 3.79. The van der Waals surface area contributed by atoms with Crippen molar-refractivity contribution in [1.82, 2.24) is 9.97 Å². The molecule has 3 N–H and O–H groups in total. The molecule has 2 rings (SSSR count). The summed E-state index contributed by atoms with van der Waals surface area (Å²) in [5.74, 6) is 0.657. The molecule has 0 fully saturated rings. The van der Waals surface area contributed by atoms with E-state index in [-0.39, 0.29) is 12.5 Å². The van der Waals surface area contributed by atoms with Gasteiger partial charge in [0, 0.05) is 25.9 Å². The largest absolute Gasteiger partial charge is 0.435 e. The first-order valence-corrected chi connectivity index (χ1v) is 5.75. The van der Waals surface area contributed by atoms with E-state index in [0.717, 1.165) is 0 Å². The second-order valence-electron chi connectivity index (χ2n) is 3.79. The zero-order chi connectivity index (χ0) is 13.7. The number of carbonyl (C=O) groups excluding carboxylic acids is 1. The number of anilines is 1. The quantitative estimate of drug-likeness (QED) is 0.870. The number of para-hydroxylation sites is 2. The predicted octanol–water partition coefficient (Wildman–Crippen LogP) is 1.69. The van der Waals surface area contributed by atoms with Crippen molar-refractivity contribution in [1.29, 1.82) is 0 Å². The van der Waals surface area contributed by atoms with Gasteiger partial charge in [0.1, 0.15) is 5.69 Å². The van der Waals surface area contributed by atoms with Gasteiger partial charge in [-0.15, -0.1) is 0 Å². The van der Waals surface area contributed by atoms with Crippen LogP contribution in [0.2, 0.25) is 0 Å². The number of hydrogen-bond donors (Lipinski definition) is 2. The monoisotopic (exact) mass is 258 g/mol. The van der Waals surface area contributed by atoms with Crippen LogP contribution >= 0.6 is 0 Å². The van der Waals surface area contributed by atoms with Crippen molar-refractivity contribution >= 4 is 11.6 Å². The SMILES string of the molecule is CC(=O)Nc1ccccc1Oc1nccnc1CN. The zero-order valence-electron chi connectivity index (χ0n) is 10.5. The average molecular weight is 258 g/mol. The van der Waals surface area contributed by atoms with Crippen LogP contribution in [0.4, 0.5) is 5.69 Å². The Kier molecular flexibility index (Phi) is 4.04. The number of nitrogens with two attached hydrogens (primary N) is 1. The molecule has 0 aliphatic carbocycles. The third-order valence-electron chi connectivity index (χ3n) is 2.33. The lowest BCUT2D eigenvalue weighted by atomic mass is 10.3. The summed E-state index contributed by atoms with van der Waals surface area (Å²) >= 11 is 0. The summed E-state index contributed by atoms with van der Waals surface area (Å²) in [5, 5.41) is 2.69. The van der Waals surface area contributed by atoms with E-state index < -0.39 is 0 Å². The molecule has 2 aromatic rings. The van der Waals surface area contributed by atoms with Crippen LogP contribution in [0.15, 0.2) is 36.7 Å². The van der Waals surface area contributed by atoms with Crippen LogP contribution < -0.4 is 15.8 Å². The number of carbonyl (C=O) groups is 1. The lowest BCUT2D eigenvalue weighted by Crippen LogP contribution is -2.08. The second kappa shape index (κ2) is 5.92. The molecule has 1 heterocycles. The van der Waals surface area contributed by atoms with Crippen molar-refractivity contribution in [2.24, 2.45) is 5.73 Å². The first-order valence-electron chi connectivity index (χ1n) is 5.75. The highest BCUT2D eigenvalue weighted by Crippen LogP contribution is 2.29. The molecule has 98 valence electrons. The number of aromatic nitrogens is 2. The summed E-state index contributed by atoms with van der Waals surface area (Å²) < 4.78 is 5.66. The molecule has 0 radical (unpaired) electrons. The molecule has 0 atom stereocenters.